The minimum atomic E-state index is -2.62. The van der Waals surface area contributed by atoms with Crippen molar-refractivity contribution in [3.63, 3.8) is 0 Å². The molecule has 56 heavy (non-hydrogen) atoms. The van der Waals surface area contributed by atoms with Gasteiger partial charge in [0.05, 0.1) is 60.9 Å². The Morgan fingerprint density at radius 3 is 1.61 bits per heavy atom. The molecule has 0 saturated carbocycles. The lowest BCUT2D eigenvalue weighted by Gasteiger charge is -2.10. The third-order valence-electron chi connectivity index (χ3n) is 8.26. The maximum atomic E-state index is 13.3. The maximum absolute atomic E-state index is 13.3. The molecule has 20 heteroatoms. The number of hydrogen-bond acceptors (Lipinski definition) is 8. The molecule has 8 aromatic rings. The number of rotatable bonds is 9. The van der Waals surface area contributed by atoms with Gasteiger partial charge in [-0.1, -0.05) is 16.8 Å². The standard InChI is InChI=1S/C18H14F3N7O.C18H11F3N6/c19-11-3-1-10(2-4-11)16-17(27(9-24-16)8-14(20)21)12-5-6-15-23-7-13(18(22)26-29)28(15)25-12;1-22-16-8-23-15-7-6-13(25-27(15)16)18-17(11-2-4-12(19)5-3-11)24-10-26(18)9-14(20)21/h1-7,9,14,29H,8H2,(H2,22,26);2-8,10,14H,9H2. The molecule has 0 radical (unpaired) electrons. The average Bonchev–Trinajstić information content (AvgIpc) is 3.99. The Labute approximate surface area is 311 Å². The molecule has 0 amide bonds. The molecule has 0 spiro atoms. The molecule has 0 aliphatic heterocycles. The number of imidazole rings is 4. The number of amidine groups is 1. The zero-order valence-electron chi connectivity index (χ0n) is 28.5. The predicted octanol–water partition coefficient (Wildman–Crippen LogP) is 6.97. The number of benzene rings is 2. The first-order valence-corrected chi connectivity index (χ1v) is 16.3. The Bertz CT molecular complexity index is 2730. The van der Waals surface area contributed by atoms with Crippen molar-refractivity contribution in [1.82, 2.24) is 48.3 Å². The van der Waals surface area contributed by atoms with Crippen LogP contribution in [0, 0.1) is 18.2 Å². The number of hydrogen-bond donors (Lipinski definition) is 2. The number of alkyl halides is 4. The molecule has 0 atom stereocenters. The number of oxime groups is 1. The van der Waals surface area contributed by atoms with Crippen molar-refractivity contribution in [2.45, 2.75) is 25.9 Å². The van der Waals surface area contributed by atoms with Gasteiger partial charge in [-0.05, 0) is 66.7 Å². The molecular weight excluding hydrogens is 744 g/mol. The topological polar surface area (TPSA) is 159 Å². The molecule has 3 N–H and O–H groups in total. The third kappa shape index (κ3) is 7.32. The highest BCUT2D eigenvalue weighted by molar-refractivity contribution is 5.96. The maximum Gasteiger partial charge on any atom is 0.275 e. The van der Waals surface area contributed by atoms with Crippen molar-refractivity contribution in [3.8, 4) is 45.3 Å². The van der Waals surface area contributed by atoms with Crippen LogP contribution >= 0.6 is 0 Å². The molecule has 8 rings (SSSR count). The van der Waals surface area contributed by atoms with Crippen molar-refractivity contribution in [2.75, 3.05) is 0 Å². The van der Waals surface area contributed by atoms with Crippen LogP contribution in [0.25, 0.3) is 61.4 Å². The zero-order chi connectivity index (χ0) is 39.5. The molecule has 0 fully saturated rings. The number of halogens is 6. The minimum absolute atomic E-state index is 0.204. The highest BCUT2D eigenvalue weighted by Gasteiger charge is 2.22. The van der Waals surface area contributed by atoms with Crippen LogP contribution in [0.3, 0.4) is 0 Å². The number of nitrogens with zero attached hydrogens (tertiary/aromatic N) is 12. The van der Waals surface area contributed by atoms with E-state index >= 15 is 0 Å². The summed E-state index contributed by atoms with van der Waals surface area (Å²) in [5.74, 6) is -0.840. The SMILES string of the molecule is NC(=NO)c1cnc2ccc(-c3c(-c4ccc(F)cc4)ncn3CC(F)F)nn12.[C-]#[N+]c1cnc2ccc(-c3c(-c4ccc(F)cc4)ncn3CC(F)F)nn12. The van der Waals surface area contributed by atoms with E-state index in [1.54, 1.807) is 24.3 Å². The normalized spacial score (nSPS) is 11.7. The predicted molar refractivity (Wildman–Crippen MR) is 190 cm³/mol. The summed E-state index contributed by atoms with van der Waals surface area (Å²) in [7, 11) is 0. The van der Waals surface area contributed by atoms with E-state index in [1.165, 1.54) is 91.7 Å². The Balaban J connectivity index is 0.000000172. The molecule has 0 aliphatic carbocycles. The molecule has 0 bridgehead atoms. The van der Waals surface area contributed by atoms with Gasteiger partial charge in [-0.3, -0.25) is 0 Å². The molecular formula is C36H25F6N13O. The highest BCUT2D eigenvalue weighted by atomic mass is 19.3. The van der Waals surface area contributed by atoms with E-state index in [4.69, 9.17) is 17.5 Å². The quantitative estimate of drug-likeness (QED) is 0.0398. The smallest absolute Gasteiger partial charge is 0.275 e. The van der Waals surface area contributed by atoms with E-state index in [-0.39, 0.29) is 17.3 Å². The van der Waals surface area contributed by atoms with Crippen molar-refractivity contribution < 1.29 is 31.5 Å². The van der Waals surface area contributed by atoms with Crippen molar-refractivity contribution in [3.05, 3.63) is 127 Å². The van der Waals surface area contributed by atoms with Crippen LogP contribution in [0.2, 0.25) is 0 Å². The van der Waals surface area contributed by atoms with Gasteiger partial charge in [-0.15, -0.1) is 4.52 Å². The summed E-state index contributed by atoms with van der Waals surface area (Å²) in [6.07, 6.45) is 0.137. The summed E-state index contributed by atoms with van der Waals surface area (Å²) >= 11 is 0. The third-order valence-corrected chi connectivity index (χ3v) is 8.26. The van der Waals surface area contributed by atoms with Crippen LogP contribution in [0.5, 0.6) is 0 Å². The van der Waals surface area contributed by atoms with E-state index in [0.29, 0.717) is 56.6 Å². The van der Waals surface area contributed by atoms with Crippen LogP contribution in [-0.4, -0.2) is 72.2 Å². The largest absolute Gasteiger partial charge is 0.409 e. The van der Waals surface area contributed by atoms with Crippen LogP contribution in [0.1, 0.15) is 5.69 Å². The summed E-state index contributed by atoms with van der Waals surface area (Å²) in [4.78, 5) is 20.0. The Hall–Kier alpha value is -7.56. The van der Waals surface area contributed by atoms with E-state index in [1.807, 2.05) is 0 Å². The Morgan fingerprint density at radius 2 is 1.14 bits per heavy atom. The van der Waals surface area contributed by atoms with Gasteiger partial charge in [0.2, 0.25) is 5.65 Å². The first-order valence-electron chi connectivity index (χ1n) is 16.3. The van der Waals surface area contributed by atoms with Crippen LogP contribution in [0.15, 0.2) is 103 Å². The fraction of sp³-hybridized carbons (Fsp3) is 0.111. The van der Waals surface area contributed by atoms with Crippen LogP contribution in [-0.2, 0) is 13.1 Å². The second-order valence-electron chi connectivity index (χ2n) is 11.8. The molecule has 14 nitrogen and oxygen atoms in total. The molecule has 6 aromatic heterocycles. The molecule has 0 aliphatic rings. The van der Waals surface area contributed by atoms with Crippen molar-refractivity contribution >= 4 is 22.9 Å². The van der Waals surface area contributed by atoms with Crippen molar-refractivity contribution in [2.24, 2.45) is 10.9 Å². The summed E-state index contributed by atoms with van der Waals surface area (Å²) < 4.78 is 84.1. The van der Waals surface area contributed by atoms with Crippen molar-refractivity contribution in [1.29, 1.82) is 0 Å². The van der Waals surface area contributed by atoms with Gasteiger partial charge in [0.1, 0.15) is 28.7 Å². The lowest BCUT2D eigenvalue weighted by atomic mass is 10.1. The van der Waals surface area contributed by atoms with Gasteiger partial charge >= 0.3 is 0 Å². The lowest BCUT2D eigenvalue weighted by molar-refractivity contribution is 0.126. The summed E-state index contributed by atoms with van der Waals surface area (Å²) in [6.45, 7) is 6.03. The minimum Gasteiger partial charge on any atom is -0.409 e. The summed E-state index contributed by atoms with van der Waals surface area (Å²) in [6, 6.07) is 17.6. The van der Waals surface area contributed by atoms with Gasteiger partial charge in [0, 0.05) is 17.2 Å². The van der Waals surface area contributed by atoms with Gasteiger partial charge in [-0.25, -0.2) is 50.8 Å². The van der Waals surface area contributed by atoms with Gasteiger partial charge < -0.3 is 24.9 Å². The van der Waals surface area contributed by atoms with E-state index in [2.05, 4.69) is 40.1 Å². The fourth-order valence-corrected chi connectivity index (χ4v) is 5.80. The Kier molecular flexibility index (Phi) is 10.1. The number of fused-ring (bicyclic) bond motifs is 2. The summed E-state index contributed by atoms with van der Waals surface area (Å²) in [5, 5.41) is 20.7. The summed E-state index contributed by atoms with van der Waals surface area (Å²) in [5.41, 5.74) is 9.96. The monoisotopic (exact) mass is 769 g/mol. The van der Waals surface area contributed by atoms with Crippen LogP contribution < -0.4 is 5.73 Å². The molecule has 0 unspecified atom stereocenters. The highest BCUT2D eigenvalue weighted by Crippen LogP contribution is 2.33. The van der Waals surface area contributed by atoms with E-state index < -0.39 is 37.6 Å². The van der Waals surface area contributed by atoms with Gasteiger partial charge in [0.25, 0.3) is 18.7 Å². The van der Waals surface area contributed by atoms with E-state index in [9.17, 15) is 26.3 Å². The molecule has 2 aromatic carbocycles. The molecule has 6 heterocycles. The molecule has 0 saturated heterocycles. The second kappa shape index (κ2) is 15.4. The number of aromatic nitrogens is 10. The first kappa shape index (κ1) is 36.8. The van der Waals surface area contributed by atoms with Crippen LogP contribution in [0.4, 0.5) is 32.2 Å². The number of nitrogens with two attached hydrogens (primary N) is 1. The fourth-order valence-electron chi connectivity index (χ4n) is 5.80. The Morgan fingerprint density at radius 1 is 0.679 bits per heavy atom. The lowest BCUT2D eigenvalue weighted by Crippen LogP contribution is -2.17. The second-order valence-corrected chi connectivity index (χ2v) is 11.8. The zero-order valence-corrected chi connectivity index (χ0v) is 28.5. The van der Waals surface area contributed by atoms with Gasteiger partial charge in [0.15, 0.2) is 11.5 Å². The van der Waals surface area contributed by atoms with E-state index in [0.717, 1.165) is 0 Å². The first-order chi connectivity index (χ1) is 27.0. The molecule has 282 valence electrons. The average molecular weight is 770 g/mol. The van der Waals surface area contributed by atoms with Gasteiger partial charge in [-0.2, -0.15) is 5.10 Å².